The third-order valence-corrected chi connectivity index (χ3v) is 3.18. The molecule has 68 valence electrons. The van der Waals surface area contributed by atoms with Crippen molar-refractivity contribution < 1.29 is 4.79 Å². The van der Waals surface area contributed by atoms with Gasteiger partial charge in [0.25, 0.3) is 0 Å². The third-order valence-electron chi connectivity index (χ3n) is 3.18. The van der Waals surface area contributed by atoms with Gasteiger partial charge in [0, 0.05) is 19.6 Å². The van der Waals surface area contributed by atoms with Gasteiger partial charge in [-0.15, -0.1) is 0 Å². The maximum atomic E-state index is 11.2. The van der Waals surface area contributed by atoms with Crippen LogP contribution in [-0.2, 0) is 0 Å². The third kappa shape index (κ3) is 1.28. The fraction of sp³-hybridized carbons (Fsp3) is 0.889. The molecular weight excluding hydrogens is 152 g/mol. The Morgan fingerprint density at radius 3 is 2.75 bits per heavy atom. The van der Waals surface area contributed by atoms with E-state index < -0.39 is 0 Å². The highest BCUT2D eigenvalue weighted by Crippen LogP contribution is 2.49. The van der Waals surface area contributed by atoms with Crippen LogP contribution in [0.2, 0.25) is 0 Å². The number of hydrogen-bond donors (Lipinski definition) is 1. The molecule has 0 aromatic rings. The normalized spacial score (nSPS) is 25.8. The molecular formula is C9H16N2O. The van der Waals surface area contributed by atoms with Gasteiger partial charge >= 0.3 is 6.03 Å². The van der Waals surface area contributed by atoms with Crippen molar-refractivity contribution in [2.75, 3.05) is 19.6 Å². The lowest BCUT2D eigenvalue weighted by Crippen LogP contribution is -2.33. The number of urea groups is 1. The number of carbonyl (C=O) groups excluding carboxylic acids is 1. The van der Waals surface area contributed by atoms with Crippen LogP contribution < -0.4 is 5.32 Å². The molecule has 1 heterocycles. The van der Waals surface area contributed by atoms with Crippen LogP contribution >= 0.6 is 0 Å². The van der Waals surface area contributed by atoms with Gasteiger partial charge in [-0.05, 0) is 24.7 Å². The molecule has 0 unspecified atom stereocenters. The summed E-state index contributed by atoms with van der Waals surface area (Å²) in [7, 11) is 0. The van der Waals surface area contributed by atoms with E-state index >= 15 is 0 Å². The quantitative estimate of drug-likeness (QED) is 0.674. The number of hydrogen-bond acceptors (Lipinski definition) is 1. The molecule has 1 saturated heterocycles. The van der Waals surface area contributed by atoms with Crippen molar-refractivity contribution in [1.82, 2.24) is 10.2 Å². The van der Waals surface area contributed by atoms with Gasteiger partial charge in [0.05, 0.1) is 0 Å². The summed E-state index contributed by atoms with van der Waals surface area (Å²) in [5.41, 5.74) is 0.502. The summed E-state index contributed by atoms with van der Waals surface area (Å²) in [4.78, 5) is 13.2. The second-order valence-electron chi connectivity index (χ2n) is 4.01. The smallest absolute Gasteiger partial charge is 0.317 e. The standard InChI is InChI=1S/C9H16N2O/c1-2-9(3-4-9)7-11-6-5-10-8(11)12/h2-7H2,1H3,(H,10,12). The van der Waals surface area contributed by atoms with Crippen molar-refractivity contribution in [3.8, 4) is 0 Å². The highest BCUT2D eigenvalue weighted by atomic mass is 16.2. The minimum atomic E-state index is 0.134. The molecule has 2 aliphatic rings. The van der Waals surface area contributed by atoms with Gasteiger partial charge < -0.3 is 10.2 Å². The minimum absolute atomic E-state index is 0.134. The molecule has 2 amide bonds. The van der Waals surface area contributed by atoms with Gasteiger partial charge in [0.2, 0.25) is 0 Å². The predicted molar refractivity (Wildman–Crippen MR) is 46.9 cm³/mol. The van der Waals surface area contributed by atoms with E-state index in [-0.39, 0.29) is 6.03 Å². The Morgan fingerprint density at radius 1 is 1.58 bits per heavy atom. The van der Waals surface area contributed by atoms with Crippen LogP contribution in [0.1, 0.15) is 26.2 Å². The first-order valence-corrected chi connectivity index (χ1v) is 4.79. The summed E-state index contributed by atoms with van der Waals surface area (Å²) in [6.45, 7) is 4.94. The monoisotopic (exact) mass is 168 g/mol. The van der Waals surface area contributed by atoms with E-state index in [2.05, 4.69) is 12.2 Å². The van der Waals surface area contributed by atoms with Crippen LogP contribution in [0, 0.1) is 5.41 Å². The van der Waals surface area contributed by atoms with Gasteiger partial charge in [0.15, 0.2) is 0 Å². The molecule has 3 nitrogen and oxygen atoms in total. The topological polar surface area (TPSA) is 32.3 Å². The highest BCUT2D eigenvalue weighted by Gasteiger charge is 2.43. The molecule has 0 radical (unpaired) electrons. The van der Waals surface area contributed by atoms with Crippen LogP contribution in [0.3, 0.4) is 0 Å². The van der Waals surface area contributed by atoms with Crippen molar-refractivity contribution in [2.24, 2.45) is 5.41 Å². The molecule has 1 saturated carbocycles. The molecule has 0 spiro atoms. The molecule has 1 N–H and O–H groups in total. The van der Waals surface area contributed by atoms with E-state index in [1.165, 1.54) is 19.3 Å². The summed E-state index contributed by atoms with van der Waals surface area (Å²) >= 11 is 0. The Balaban J connectivity index is 1.90. The fourth-order valence-corrected chi connectivity index (χ4v) is 1.87. The molecule has 3 heteroatoms. The van der Waals surface area contributed by atoms with Gasteiger partial charge in [-0.2, -0.15) is 0 Å². The van der Waals surface area contributed by atoms with Crippen molar-refractivity contribution in [1.29, 1.82) is 0 Å². The number of carbonyl (C=O) groups is 1. The van der Waals surface area contributed by atoms with E-state index in [0.717, 1.165) is 19.6 Å². The second-order valence-corrected chi connectivity index (χ2v) is 4.01. The van der Waals surface area contributed by atoms with Crippen LogP contribution in [0.4, 0.5) is 4.79 Å². The van der Waals surface area contributed by atoms with Crippen LogP contribution in [-0.4, -0.2) is 30.6 Å². The average molecular weight is 168 g/mol. The Labute approximate surface area is 73.1 Å². The van der Waals surface area contributed by atoms with Gasteiger partial charge in [-0.25, -0.2) is 4.79 Å². The first kappa shape index (κ1) is 7.90. The fourth-order valence-electron chi connectivity index (χ4n) is 1.87. The molecule has 0 atom stereocenters. The predicted octanol–water partition coefficient (Wildman–Crippen LogP) is 1.20. The van der Waals surface area contributed by atoms with Crippen molar-refractivity contribution in [3.63, 3.8) is 0 Å². The number of amides is 2. The largest absolute Gasteiger partial charge is 0.336 e. The molecule has 2 fully saturated rings. The van der Waals surface area contributed by atoms with E-state index in [0.29, 0.717) is 5.41 Å². The first-order valence-electron chi connectivity index (χ1n) is 4.79. The SMILES string of the molecule is CCC1(CN2CCNC2=O)CC1. The number of nitrogens with zero attached hydrogens (tertiary/aromatic N) is 1. The Kier molecular flexibility index (Phi) is 1.74. The summed E-state index contributed by atoms with van der Waals surface area (Å²) < 4.78 is 0. The van der Waals surface area contributed by atoms with E-state index in [9.17, 15) is 4.79 Å². The lowest BCUT2D eigenvalue weighted by Gasteiger charge is -2.20. The Hall–Kier alpha value is -0.730. The highest BCUT2D eigenvalue weighted by molar-refractivity contribution is 5.76. The first-order chi connectivity index (χ1) is 5.76. The van der Waals surface area contributed by atoms with Gasteiger partial charge in [-0.1, -0.05) is 6.92 Å². The van der Waals surface area contributed by atoms with Crippen LogP contribution in [0.15, 0.2) is 0 Å². The Morgan fingerprint density at radius 2 is 2.33 bits per heavy atom. The van der Waals surface area contributed by atoms with E-state index in [4.69, 9.17) is 0 Å². The van der Waals surface area contributed by atoms with Gasteiger partial charge in [-0.3, -0.25) is 0 Å². The molecule has 0 aromatic carbocycles. The van der Waals surface area contributed by atoms with Gasteiger partial charge in [0.1, 0.15) is 0 Å². The molecule has 1 aliphatic carbocycles. The molecule has 12 heavy (non-hydrogen) atoms. The lowest BCUT2D eigenvalue weighted by atomic mass is 10.0. The maximum Gasteiger partial charge on any atom is 0.317 e. The zero-order valence-electron chi connectivity index (χ0n) is 7.60. The Bertz CT molecular complexity index is 199. The van der Waals surface area contributed by atoms with Crippen molar-refractivity contribution >= 4 is 6.03 Å². The zero-order chi connectivity index (χ0) is 8.60. The summed E-state index contributed by atoms with van der Waals surface area (Å²) in [5.74, 6) is 0. The van der Waals surface area contributed by atoms with Crippen molar-refractivity contribution in [2.45, 2.75) is 26.2 Å². The van der Waals surface area contributed by atoms with Crippen LogP contribution in [0.25, 0.3) is 0 Å². The second kappa shape index (κ2) is 2.64. The number of nitrogens with one attached hydrogen (secondary N) is 1. The number of rotatable bonds is 3. The van der Waals surface area contributed by atoms with Crippen LogP contribution in [0.5, 0.6) is 0 Å². The zero-order valence-corrected chi connectivity index (χ0v) is 7.60. The summed E-state index contributed by atoms with van der Waals surface area (Å²) in [6.07, 6.45) is 3.84. The summed E-state index contributed by atoms with van der Waals surface area (Å²) in [6, 6.07) is 0.134. The van der Waals surface area contributed by atoms with E-state index in [1.54, 1.807) is 0 Å². The average Bonchev–Trinajstić information content (AvgIpc) is 2.74. The minimum Gasteiger partial charge on any atom is -0.336 e. The molecule has 0 bridgehead atoms. The molecule has 1 aliphatic heterocycles. The summed E-state index contributed by atoms with van der Waals surface area (Å²) in [5, 5.41) is 2.83. The maximum absolute atomic E-state index is 11.2. The lowest BCUT2D eigenvalue weighted by molar-refractivity contribution is 0.204. The molecule has 2 rings (SSSR count). The molecule has 0 aromatic heterocycles. The van der Waals surface area contributed by atoms with E-state index in [1.807, 2.05) is 4.90 Å². The van der Waals surface area contributed by atoms with Crippen molar-refractivity contribution in [3.05, 3.63) is 0 Å².